The fourth-order valence-electron chi connectivity index (χ4n) is 2.69. The van der Waals surface area contributed by atoms with Gasteiger partial charge in [0.2, 0.25) is 0 Å². The molecule has 0 aliphatic carbocycles. The minimum Gasteiger partial charge on any atom is -0.362 e. The van der Waals surface area contributed by atoms with Gasteiger partial charge in [-0.05, 0) is 25.5 Å². The summed E-state index contributed by atoms with van der Waals surface area (Å²) in [4.78, 5) is 6.71. The molecule has 4 heteroatoms. The molecule has 21 heavy (non-hydrogen) atoms. The van der Waals surface area contributed by atoms with Crippen LogP contribution in [0.25, 0.3) is 0 Å². The van der Waals surface area contributed by atoms with Gasteiger partial charge < -0.3 is 15.2 Å². The molecule has 0 aliphatic rings. The number of aromatic nitrogens is 2. The summed E-state index contributed by atoms with van der Waals surface area (Å²) in [6.07, 6.45) is 6.17. The summed E-state index contributed by atoms with van der Waals surface area (Å²) in [6.45, 7) is 6.87. The van der Waals surface area contributed by atoms with Crippen LogP contribution in [0.4, 0.5) is 5.69 Å². The Bertz CT molecular complexity index is 521. The highest BCUT2D eigenvalue weighted by molar-refractivity contribution is 5.48. The van der Waals surface area contributed by atoms with Crippen LogP contribution in [-0.2, 0) is 6.54 Å². The summed E-state index contributed by atoms with van der Waals surface area (Å²) >= 11 is 0. The summed E-state index contributed by atoms with van der Waals surface area (Å²) in [5, 5.41) is 0. The molecule has 0 saturated carbocycles. The molecule has 4 nitrogen and oxygen atoms in total. The van der Waals surface area contributed by atoms with Gasteiger partial charge in [-0.15, -0.1) is 0 Å². The number of benzene rings is 1. The standard InChI is InChI=1S/C17H26N4/c1-3-5-11-21(15-9-7-6-8-10-15)16(12-18)17-13-19-14-20(17)4-2/h6-10,13-14,16H,3-5,11-12,18H2,1-2H3. The van der Waals surface area contributed by atoms with Gasteiger partial charge >= 0.3 is 0 Å². The van der Waals surface area contributed by atoms with Crippen LogP contribution < -0.4 is 10.6 Å². The van der Waals surface area contributed by atoms with Crippen LogP contribution in [-0.4, -0.2) is 22.6 Å². The predicted molar refractivity (Wildman–Crippen MR) is 88.4 cm³/mol. The van der Waals surface area contributed by atoms with Gasteiger partial charge in [-0.2, -0.15) is 0 Å². The maximum atomic E-state index is 6.11. The van der Waals surface area contributed by atoms with Crippen LogP contribution >= 0.6 is 0 Å². The van der Waals surface area contributed by atoms with Crippen molar-refractivity contribution in [1.29, 1.82) is 0 Å². The van der Waals surface area contributed by atoms with E-state index in [-0.39, 0.29) is 6.04 Å². The van der Waals surface area contributed by atoms with E-state index in [4.69, 9.17) is 5.73 Å². The molecule has 2 rings (SSSR count). The molecule has 0 fully saturated rings. The lowest BCUT2D eigenvalue weighted by Crippen LogP contribution is -2.36. The van der Waals surface area contributed by atoms with E-state index in [1.54, 1.807) is 0 Å². The average Bonchev–Trinajstić information content (AvgIpc) is 3.00. The second-order valence-electron chi connectivity index (χ2n) is 5.24. The Morgan fingerprint density at radius 1 is 1.24 bits per heavy atom. The van der Waals surface area contributed by atoms with Crippen molar-refractivity contribution in [3.05, 3.63) is 48.5 Å². The number of aryl methyl sites for hydroxylation is 1. The van der Waals surface area contributed by atoms with E-state index in [2.05, 4.69) is 58.6 Å². The summed E-state index contributed by atoms with van der Waals surface area (Å²) in [7, 11) is 0. The van der Waals surface area contributed by atoms with Gasteiger partial charge in [0.15, 0.2) is 0 Å². The van der Waals surface area contributed by atoms with Crippen molar-refractivity contribution in [1.82, 2.24) is 9.55 Å². The number of nitrogens with zero attached hydrogens (tertiary/aromatic N) is 3. The number of hydrogen-bond donors (Lipinski definition) is 1. The smallest absolute Gasteiger partial charge is 0.0948 e. The molecule has 0 aliphatic heterocycles. The Morgan fingerprint density at radius 3 is 2.62 bits per heavy atom. The Kier molecular flexibility index (Phi) is 5.81. The van der Waals surface area contributed by atoms with Gasteiger partial charge in [0.1, 0.15) is 0 Å². The quantitative estimate of drug-likeness (QED) is 0.810. The Morgan fingerprint density at radius 2 is 2.00 bits per heavy atom. The minimum atomic E-state index is 0.168. The molecule has 2 aromatic rings. The lowest BCUT2D eigenvalue weighted by molar-refractivity contribution is 0.560. The number of imidazole rings is 1. The van der Waals surface area contributed by atoms with Gasteiger partial charge in [-0.25, -0.2) is 4.98 Å². The molecule has 0 radical (unpaired) electrons. The molecule has 1 atom stereocenters. The zero-order valence-electron chi connectivity index (χ0n) is 13.1. The van der Waals surface area contributed by atoms with Crippen molar-refractivity contribution in [2.24, 2.45) is 5.73 Å². The molecule has 1 heterocycles. The maximum Gasteiger partial charge on any atom is 0.0948 e. The van der Waals surface area contributed by atoms with Crippen LogP contribution in [0.2, 0.25) is 0 Å². The lowest BCUT2D eigenvalue weighted by atomic mass is 10.1. The number of anilines is 1. The van der Waals surface area contributed by atoms with Crippen LogP contribution in [0.3, 0.4) is 0 Å². The molecule has 1 aromatic carbocycles. The van der Waals surface area contributed by atoms with Crippen molar-refractivity contribution >= 4 is 5.69 Å². The van der Waals surface area contributed by atoms with Crippen molar-refractivity contribution < 1.29 is 0 Å². The Hall–Kier alpha value is -1.81. The van der Waals surface area contributed by atoms with Gasteiger partial charge in [0, 0.05) is 25.3 Å². The third kappa shape index (κ3) is 3.64. The van der Waals surface area contributed by atoms with E-state index in [1.807, 2.05) is 12.5 Å². The number of rotatable bonds is 8. The number of nitrogens with two attached hydrogens (primary N) is 1. The first-order valence-electron chi connectivity index (χ1n) is 7.83. The fraction of sp³-hybridized carbons (Fsp3) is 0.471. The zero-order chi connectivity index (χ0) is 15.1. The predicted octanol–water partition coefficient (Wildman–Crippen LogP) is 3.21. The summed E-state index contributed by atoms with van der Waals surface area (Å²) < 4.78 is 2.18. The third-order valence-electron chi connectivity index (χ3n) is 3.87. The Balaban J connectivity index is 2.33. The summed E-state index contributed by atoms with van der Waals surface area (Å²) in [5.74, 6) is 0. The summed E-state index contributed by atoms with van der Waals surface area (Å²) in [6, 6.07) is 10.7. The highest BCUT2D eigenvalue weighted by atomic mass is 15.2. The molecule has 1 aromatic heterocycles. The highest BCUT2D eigenvalue weighted by Gasteiger charge is 2.22. The highest BCUT2D eigenvalue weighted by Crippen LogP contribution is 2.26. The maximum absolute atomic E-state index is 6.11. The van der Waals surface area contributed by atoms with E-state index in [0.717, 1.165) is 19.5 Å². The first-order chi connectivity index (χ1) is 10.3. The zero-order valence-corrected chi connectivity index (χ0v) is 13.1. The Labute approximate surface area is 127 Å². The first kappa shape index (κ1) is 15.6. The SMILES string of the molecule is CCCCN(c1ccccc1)C(CN)c1cncn1CC. The monoisotopic (exact) mass is 286 g/mol. The van der Waals surface area contributed by atoms with Crippen molar-refractivity contribution in [2.45, 2.75) is 39.3 Å². The van der Waals surface area contributed by atoms with Crippen LogP contribution in [0.5, 0.6) is 0 Å². The van der Waals surface area contributed by atoms with E-state index in [9.17, 15) is 0 Å². The lowest BCUT2D eigenvalue weighted by Gasteiger charge is -2.33. The molecule has 1 unspecified atom stereocenters. The number of para-hydroxylation sites is 1. The fourth-order valence-corrected chi connectivity index (χ4v) is 2.69. The van der Waals surface area contributed by atoms with Gasteiger partial charge in [0.25, 0.3) is 0 Å². The average molecular weight is 286 g/mol. The molecule has 114 valence electrons. The second-order valence-corrected chi connectivity index (χ2v) is 5.24. The molecule has 0 amide bonds. The van der Waals surface area contributed by atoms with Crippen LogP contribution in [0.15, 0.2) is 42.9 Å². The molecular weight excluding hydrogens is 260 g/mol. The molecule has 0 saturated heterocycles. The van der Waals surface area contributed by atoms with E-state index < -0.39 is 0 Å². The molecular formula is C17H26N4. The third-order valence-corrected chi connectivity index (χ3v) is 3.87. The van der Waals surface area contributed by atoms with Crippen molar-refractivity contribution in [2.75, 3.05) is 18.0 Å². The van der Waals surface area contributed by atoms with Gasteiger partial charge in [-0.3, -0.25) is 0 Å². The molecule has 2 N–H and O–H groups in total. The van der Waals surface area contributed by atoms with Crippen LogP contribution in [0.1, 0.15) is 38.4 Å². The van der Waals surface area contributed by atoms with E-state index in [1.165, 1.54) is 17.8 Å². The first-order valence-corrected chi connectivity index (χ1v) is 7.83. The topological polar surface area (TPSA) is 47.1 Å². The van der Waals surface area contributed by atoms with Crippen LogP contribution in [0, 0.1) is 0 Å². The van der Waals surface area contributed by atoms with Gasteiger partial charge in [-0.1, -0.05) is 31.5 Å². The number of unbranched alkanes of at least 4 members (excludes halogenated alkanes) is 1. The summed E-state index contributed by atoms with van der Waals surface area (Å²) in [5.41, 5.74) is 8.54. The van der Waals surface area contributed by atoms with E-state index in [0.29, 0.717) is 6.54 Å². The normalized spacial score (nSPS) is 12.3. The number of hydrogen-bond acceptors (Lipinski definition) is 3. The molecule has 0 bridgehead atoms. The molecule has 0 spiro atoms. The minimum absolute atomic E-state index is 0.168. The van der Waals surface area contributed by atoms with Gasteiger partial charge in [0.05, 0.1) is 24.3 Å². The second kappa shape index (κ2) is 7.84. The van der Waals surface area contributed by atoms with Crippen molar-refractivity contribution in [3.8, 4) is 0 Å². The largest absolute Gasteiger partial charge is 0.362 e. The van der Waals surface area contributed by atoms with Crippen molar-refractivity contribution in [3.63, 3.8) is 0 Å². The van der Waals surface area contributed by atoms with E-state index >= 15 is 0 Å².